The van der Waals surface area contributed by atoms with Crippen molar-refractivity contribution in [3.05, 3.63) is 91.6 Å². The fourth-order valence-electron chi connectivity index (χ4n) is 6.64. The van der Waals surface area contributed by atoms with Gasteiger partial charge < -0.3 is 19.9 Å². The SMILES string of the molecule is Cc1cc(C)c2c(c1)CCCCCC[C@H](n1cc(CCN(C)C)c(C(F)(F)F)cc1=O)C(=O)N[C@@H](CC(=O)O)c1cc-2cc(C(F)(F)F)c1F. The molecule has 0 saturated heterocycles. The minimum absolute atomic E-state index is 0.0122. The second-order valence-corrected chi connectivity index (χ2v) is 13.2. The number of nitrogens with one attached hydrogen (secondary N) is 1. The molecule has 50 heavy (non-hydrogen) atoms. The van der Waals surface area contributed by atoms with Crippen molar-refractivity contribution in [3.8, 4) is 11.1 Å². The number of carboxylic acid groups (broad SMARTS) is 1. The summed E-state index contributed by atoms with van der Waals surface area (Å²) in [4.78, 5) is 40.9. The molecule has 1 aromatic heterocycles. The number of nitrogens with zero attached hydrogens (tertiary/aromatic N) is 2. The summed E-state index contributed by atoms with van der Waals surface area (Å²) in [6.07, 6.45) is -7.74. The molecule has 14 heteroatoms. The van der Waals surface area contributed by atoms with E-state index in [2.05, 4.69) is 5.32 Å². The zero-order valence-corrected chi connectivity index (χ0v) is 28.2. The fraction of sp³-hybridized carbons (Fsp3) is 0.472. The number of aryl methyl sites for hydroxylation is 3. The van der Waals surface area contributed by atoms with Crippen molar-refractivity contribution in [2.45, 2.75) is 89.7 Å². The summed E-state index contributed by atoms with van der Waals surface area (Å²) in [5, 5.41) is 12.1. The number of carbonyl (C=O) groups is 2. The topological polar surface area (TPSA) is 91.6 Å². The molecule has 3 aromatic rings. The Kier molecular flexibility index (Phi) is 11.9. The van der Waals surface area contributed by atoms with Gasteiger partial charge in [0, 0.05) is 24.4 Å². The maximum atomic E-state index is 15.9. The lowest BCUT2D eigenvalue weighted by molar-refractivity contribution is -0.140. The molecular formula is C36H40F7N3O4. The Labute approximate surface area is 285 Å². The quantitative estimate of drug-likeness (QED) is 0.255. The van der Waals surface area contributed by atoms with Gasteiger partial charge in [-0.15, -0.1) is 0 Å². The van der Waals surface area contributed by atoms with Gasteiger partial charge in [-0.25, -0.2) is 4.39 Å². The van der Waals surface area contributed by atoms with Gasteiger partial charge >= 0.3 is 18.3 Å². The van der Waals surface area contributed by atoms with E-state index in [1.54, 1.807) is 32.0 Å². The molecule has 0 radical (unpaired) electrons. The van der Waals surface area contributed by atoms with Gasteiger partial charge in [0.15, 0.2) is 0 Å². The first-order valence-corrected chi connectivity index (χ1v) is 16.3. The summed E-state index contributed by atoms with van der Waals surface area (Å²) in [5.74, 6) is -4.37. The zero-order chi connectivity index (χ0) is 37.1. The van der Waals surface area contributed by atoms with E-state index in [9.17, 15) is 45.8 Å². The molecule has 2 heterocycles. The number of carboxylic acids is 1. The maximum absolute atomic E-state index is 15.9. The molecule has 1 aliphatic rings. The molecule has 0 fully saturated rings. The van der Waals surface area contributed by atoms with E-state index < -0.39 is 70.8 Å². The molecule has 272 valence electrons. The third-order valence-electron chi connectivity index (χ3n) is 8.94. The first-order chi connectivity index (χ1) is 23.3. The predicted octanol–water partition coefficient (Wildman–Crippen LogP) is 7.79. The Morgan fingerprint density at radius 3 is 2.22 bits per heavy atom. The number of benzene rings is 2. The standard InChI is InChI=1S/C36H40F7N3O4/c1-20-13-21(2)32-22(14-20)9-7-5-6-8-10-29(46-19-23(11-12-45(3)4)26(17-30(46)47)35(38,39)40)34(50)44-28(18-31(48)49)25-15-24(32)16-27(33(25)37)36(41,42)43/h13-17,19,28-29H,5-12,18H2,1-4H3,(H,44,50)(H,48,49)/t28-,29-/m0/s1. The van der Waals surface area contributed by atoms with Crippen LogP contribution in [0.15, 0.2) is 41.3 Å². The summed E-state index contributed by atoms with van der Waals surface area (Å²) in [6, 6.07) is 2.51. The molecule has 0 spiro atoms. The number of carbonyl (C=O) groups excluding carboxylic acids is 1. The van der Waals surface area contributed by atoms with E-state index in [4.69, 9.17) is 0 Å². The maximum Gasteiger partial charge on any atom is 0.419 e. The molecule has 2 atom stereocenters. The summed E-state index contributed by atoms with van der Waals surface area (Å²) in [5.41, 5.74) is -2.29. The van der Waals surface area contributed by atoms with Crippen LogP contribution >= 0.6 is 0 Å². The molecule has 0 unspecified atom stereocenters. The Morgan fingerprint density at radius 2 is 1.60 bits per heavy atom. The van der Waals surface area contributed by atoms with Gasteiger partial charge in [0.05, 0.1) is 23.6 Å². The second-order valence-electron chi connectivity index (χ2n) is 13.2. The van der Waals surface area contributed by atoms with Gasteiger partial charge in [0.1, 0.15) is 11.9 Å². The number of hydrogen-bond donors (Lipinski definition) is 2. The van der Waals surface area contributed by atoms with Crippen LogP contribution in [0.4, 0.5) is 30.7 Å². The van der Waals surface area contributed by atoms with Crippen molar-refractivity contribution in [1.82, 2.24) is 14.8 Å². The second kappa shape index (κ2) is 15.4. The largest absolute Gasteiger partial charge is 0.481 e. The highest BCUT2D eigenvalue weighted by Crippen LogP contribution is 2.41. The molecule has 2 aromatic carbocycles. The van der Waals surface area contributed by atoms with E-state index in [0.29, 0.717) is 55.4 Å². The molecule has 1 amide bonds. The molecule has 0 saturated carbocycles. The van der Waals surface area contributed by atoms with Crippen molar-refractivity contribution < 1.29 is 45.4 Å². The summed E-state index contributed by atoms with van der Waals surface area (Å²) >= 11 is 0. The summed E-state index contributed by atoms with van der Waals surface area (Å²) < 4.78 is 102. The van der Waals surface area contributed by atoms with Crippen molar-refractivity contribution in [2.24, 2.45) is 0 Å². The fourth-order valence-corrected chi connectivity index (χ4v) is 6.64. The van der Waals surface area contributed by atoms with Gasteiger partial charge in [-0.2, -0.15) is 26.3 Å². The normalized spacial score (nSPS) is 17.9. The molecule has 0 aliphatic carbocycles. The average Bonchev–Trinajstić information content (AvgIpc) is 2.98. The summed E-state index contributed by atoms with van der Waals surface area (Å²) in [6.45, 7) is 3.73. The molecule has 2 bridgehead atoms. The molecule has 2 N–H and O–H groups in total. The smallest absolute Gasteiger partial charge is 0.419 e. The Bertz CT molecular complexity index is 1800. The van der Waals surface area contributed by atoms with Gasteiger partial charge in [-0.3, -0.25) is 14.4 Å². The van der Waals surface area contributed by atoms with E-state index in [-0.39, 0.29) is 30.5 Å². The third-order valence-corrected chi connectivity index (χ3v) is 8.94. The van der Waals surface area contributed by atoms with Gasteiger partial charge in [0.2, 0.25) is 5.91 Å². The average molecular weight is 712 g/mol. The van der Waals surface area contributed by atoms with Crippen molar-refractivity contribution in [1.29, 1.82) is 0 Å². The predicted molar refractivity (Wildman–Crippen MR) is 173 cm³/mol. The van der Waals surface area contributed by atoms with Crippen LogP contribution in [0.2, 0.25) is 0 Å². The van der Waals surface area contributed by atoms with Crippen molar-refractivity contribution in [3.63, 3.8) is 0 Å². The van der Waals surface area contributed by atoms with Crippen LogP contribution in [0.3, 0.4) is 0 Å². The van der Waals surface area contributed by atoms with Crippen LogP contribution in [0.5, 0.6) is 0 Å². The lowest BCUT2D eigenvalue weighted by Gasteiger charge is -2.26. The number of alkyl halides is 6. The van der Waals surface area contributed by atoms with E-state index in [1.807, 2.05) is 13.0 Å². The summed E-state index contributed by atoms with van der Waals surface area (Å²) in [7, 11) is 3.30. The number of pyridine rings is 1. The van der Waals surface area contributed by atoms with Crippen molar-refractivity contribution >= 4 is 11.9 Å². The van der Waals surface area contributed by atoms with E-state index >= 15 is 4.39 Å². The van der Waals surface area contributed by atoms with Gasteiger partial charge in [0.25, 0.3) is 5.56 Å². The zero-order valence-electron chi connectivity index (χ0n) is 28.2. The molecule has 4 rings (SSSR count). The number of aliphatic carboxylic acids is 1. The Balaban J connectivity index is 1.93. The van der Waals surface area contributed by atoms with Crippen LogP contribution in [0.25, 0.3) is 11.1 Å². The highest BCUT2D eigenvalue weighted by atomic mass is 19.4. The minimum Gasteiger partial charge on any atom is -0.481 e. The van der Waals surface area contributed by atoms with Crippen LogP contribution in [-0.2, 0) is 34.8 Å². The number of aromatic nitrogens is 1. The minimum atomic E-state index is -5.19. The number of amides is 1. The molecule has 1 aliphatic heterocycles. The number of fused-ring (bicyclic) bond motifs is 4. The number of hydrogen-bond acceptors (Lipinski definition) is 4. The number of rotatable bonds is 6. The third kappa shape index (κ3) is 9.12. The highest BCUT2D eigenvalue weighted by Gasteiger charge is 2.39. The highest BCUT2D eigenvalue weighted by molar-refractivity contribution is 5.82. The van der Waals surface area contributed by atoms with E-state index in [0.717, 1.165) is 28.0 Å². The van der Waals surface area contributed by atoms with Gasteiger partial charge in [-0.05, 0) is 93.6 Å². The first-order valence-electron chi connectivity index (χ1n) is 16.3. The first kappa shape index (κ1) is 38.6. The lowest BCUT2D eigenvalue weighted by atomic mass is 9.87. The van der Waals surface area contributed by atoms with Crippen LogP contribution in [0, 0.1) is 19.7 Å². The van der Waals surface area contributed by atoms with Crippen LogP contribution < -0.4 is 10.9 Å². The lowest BCUT2D eigenvalue weighted by Crippen LogP contribution is -2.40. The Morgan fingerprint density at radius 1 is 0.940 bits per heavy atom. The molecular weight excluding hydrogens is 671 g/mol. The van der Waals surface area contributed by atoms with Gasteiger partial charge in [-0.1, -0.05) is 37.0 Å². The molecule has 7 nitrogen and oxygen atoms in total. The van der Waals surface area contributed by atoms with Crippen molar-refractivity contribution in [2.75, 3.05) is 20.6 Å². The monoisotopic (exact) mass is 711 g/mol. The number of likely N-dealkylation sites (N-methyl/N-ethyl adjacent to an activating group) is 1. The van der Waals surface area contributed by atoms with E-state index in [1.165, 1.54) is 0 Å². The van der Waals surface area contributed by atoms with Crippen LogP contribution in [0.1, 0.15) is 89.6 Å². The van der Waals surface area contributed by atoms with Crippen LogP contribution in [-0.4, -0.2) is 47.1 Å². The number of halogens is 7. The Hall–Kier alpha value is -4.20.